The highest BCUT2D eigenvalue weighted by Crippen LogP contribution is 2.30. The molecule has 1 aromatic heterocycles. The fourth-order valence-electron chi connectivity index (χ4n) is 4.60. The first-order chi connectivity index (χ1) is 15.0. The molecule has 31 heavy (non-hydrogen) atoms. The fourth-order valence-corrected chi connectivity index (χ4v) is 4.60. The number of pyridine rings is 1. The zero-order valence-electron chi connectivity index (χ0n) is 17.8. The monoisotopic (exact) mass is 429 g/mol. The molecule has 1 saturated heterocycles. The number of aliphatic imine (C=N–C) groups is 1. The predicted octanol–water partition coefficient (Wildman–Crippen LogP) is 3.80. The first-order valence-corrected chi connectivity index (χ1v) is 11.0. The minimum atomic E-state index is -1.32. The van der Waals surface area contributed by atoms with E-state index in [0.29, 0.717) is 25.3 Å². The lowest BCUT2D eigenvalue weighted by Gasteiger charge is -2.35. The van der Waals surface area contributed by atoms with Crippen LogP contribution in [0.4, 0.5) is 10.1 Å². The number of aryl methyl sites for hydroxylation is 1. The molecule has 2 aromatic rings. The number of hydrogen-bond acceptors (Lipinski definition) is 4. The second-order valence-electron chi connectivity index (χ2n) is 8.19. The summed E-state index contributed by atoms with van der Waals surface area (Å²) >= 11 is 0. The van der Waals surface area contributed by atoms with E-state index in [1.54, 1.807) is 10.6 Å². The first-order valence-electron chi connectivity index (χ1n) is 11.0. The average Bonchev–Trinajstić information content (AvgIpc) is 2.79. The number of fused-ring (bicyclic) bond motifs is 1. The van der Waals surface area contributed by atoms with Gasteiger partial charge in [-0.05, 0) is 31.9 Å². The second kappa shape index (κ2) is 9.18. The van der Waals surface area contributed by atoms with Crippen molar-refractivity contribution in [1.82, 2.24) is 9.47 Å². The Morgan fingerprint density at radius 3 is 2.58 bits per heavy atom. The first kappa shape index (κ1) is 21.5. The zero-order chi connectivity index (χ0) is 22.0. The van der Waals surface area contributed by atoms with E-state index in [1.807, 2.05) is 6.92 Å². The van der Waals surface area contributed by atoms with Crippen LogP contribution in [0.1, 0.15) is 49.4 Å². The number of amidine groups is 1. The van der Waals surface area contributed by atoms with E-state index in [-0.39, 0.29) is 22.6 Å². The fraction of sp³-hybridized carbons (Fsp3) is 0.522. The number of carboxylic acids is 1. The van der Waals surface area contributed by atoms with Gasteiger partial charge in [0.15, 0.2) is 0 Å². The summed E-state index contributed by atoms with van der Waals surface area (Å²) in [5.74, 6) is -0.752. The van der Waals surface area contributed by atoms with E-state index in [9.17, 15) is 14.7 Å². The van der Waals surface area contributed by atoms with Gasteiger partial charge in [0.1, 0.15) is 22.9 Å². The third-order valence-corrected chi connectivity index (χ3v) is 6.26. The molecule has 0 radical (unpaired) electrons. The molecule has 1 aliphatic carbocycles. The summed E-state index contributed by atoms with van der Waals surface area (Å²) in [5.41, 5.74) is -0.365. The van der Waals surface area contributed by atoms with Gasteiger partial charge in [-0.2, -0.15) is 0 Å². The van der Waals surface area contributed by atoms with Crippen LogP contribution in [-0.4, -0.2) is 52.7 Å². The standard InChI is InChI=1S/C23H28FN3O4/c1-2-26-14-17(23(29)30)21(28)16-12-18(24)19(13-20(16)26)25-22(15-6-4-3-5-7-15)27-8-10-31-11-9-27/h12-15H,2-11H2,1H3,(H,29,30). The number of aromatic nitrogens is 1. The summed E-state index contributed by atoms with van der Waals surface area (Å²) in [6.07, 6.45) is 6.89. The average molecular weight is 429 g/mol. The van der Waals surface area contributed by atoms with Crippen LogP contribution in [0.2, 0.25) is 0 Å². The maximum atomic E-state index is 15.1. The highest BCUT2D eigenvalue weighted by molar-refractivity contribution is 5.94. The van der Waals surface area contributed by atoms with E-state index < -0.39 is 17.2 Å². The van der Waals surface area contributed by atoms with E-state index in [1.165, 1.54) is 12.6 Å². The molecule has 8 heteroatoms. The Morgan fingerprint density at radius 2 is 1.94 bits per heavy atom. The number of carbonyl (C=O) groups is 1. The highest BCUT2D eigenvalue weighted by Gasteiger charge is 2.26. The lowest BCUT2D eigenvalue weighted by Crippen LogP contribution is -2.44. The molecule has 2 aliphatic rings. The van der Waals surface area contributed by atoms with Crippen molar-refractivity contribution >= 4 is 28.4 Å². The molecule has 0 bridgehead atoms. The summed E-state index contributed by atoms with van der Waals surface area (Å²) in [5, 5.41) is 9.39. The molecule has 7 nitrogen and oxygen atoms in total. The van der Waals surface area contributed by atoms with E-state index in [2.05, 4.69) is 4.90 Å². The molecule has 2 fully saturated rings. The summed E-state index contributed by atoms with van der Waals surface area (Å²) in [6.45, 7) is 5.00. The van der Waals surface area contributed by atoms with E-state index in [4.69, 9.17) is 9.73 Å². The van der Waals surface area contributed by atoms with Crippen LogP contribution in [0.15, 0.2) is 28.1 Å². The molecule has 0 atom stereocenters. The smallest absolute Gasteiger partial charge is 0.341 e. The summed E-state index contributed by atoms with van der Waals surface area (Å²) in [6, 6.07) is 2.71. The highest BCUT2D eigenvalue weighted by atomic mass is 19.1. The summed E-state index contributed by atoms with van der Waals surface area (Å²) in [4.78, 5) is 31.0. The number of hydrogen-bond donors (Lipinski definition) is 1. The number of nitrogens with zero attached hydrogens (tertiary/aromatic N) is 3. The van der Waals surface area contributed by atoms with Crippen molar-refractivity contribution in [3.63, 3.8) is 0 Å². The lowest BCUT2D eigenvalue weighted by atomic mass is 9.87. The van der Waals surface area contributed by atoms with Gasteiger partial charge in [-0.1, -0.05) is 19.3 Å². The van der Waals surface area contributed by atoms with Gasteiger partial charge in [0, 0.05) is 37.1 Å². The van der Waals surface area contributed by atoms with Crippen molar-refractivity contribution < 1.29 is 19.0 Å². The second-order valence-corrected chi connectivity index (χ2v) is 8.19. The molecule has 166 valence electrons. The van der Waals surface area contributed by atoms with Crippen molar-refractivity contribution in [2.24, 2.45) is 10.9 Å². The Balaban J connectivity index is 1.85. The van der Waals surface area contributed by atoms with Crippen LogP contribution in [0.25, 0.3) is 10.9 Å². The zero-order valence-corrected chi connectivity index (χ0v) is 17.8. The predicted molar refractivity (Wildman–Crippen MR) is 117 cm³/mol. The molecule has 1 aliphatic heterocycles. The number of ether oxygens (including phenoxy) is 1. The van der Waals surface area contributed by atoms with Crippen molar-refractivity contribution in [3.05, 3.63) is 39.9 Å². The van der Waals surface area contributed by atoms with Gasteiger partial charge < -0.3 is 19.3 Å². The van der Waals surface area contributed by atoms with Gasteiger partial charge in [-0.15, -0.1) is 0 Å². The minimum Gasteiger partial charge on any atom is -0.477 e. The molecule has 1 N–H and O–H groups in total. The van der Waals surface area contributed by atoms with Crippen LogP contribution in [0.5, 0.6) is 0 Å². The topological polar surface area (TPSA) is 84.1 Å². The van der Waals surface area contributed by atoms with E-state index in [0.717, 1.165) is 50.7 Å². The SMILES string of the molecule is CCn1cc(C(=O)O)c(=O)c2cc(F)c(N=C(C3CCCCC3)N3CCOCC3)cc21. The van der Waals surface area contributed by atoms with Crippen LogP contribution in [0, 0.1) is 11.7 Å². The third kappa shape index (κ3) is 4.35. The Bertz CT molecular complexity index is 1050. The Morgan fingerprint density at radius 1 is 1.23 bits per heavy atom. The quantitative estimate of drug-likeness (QED) is 0.590. The Hall–Kier alpha value is -2.74. The normalized spacial score (nSPS) is 18.5. The number of morpholine rings is 1. The van der Waals surface area contributed by atoms with Gasteiger partial charge in [0.2, 0.25) is 5.43 Å². The maximum absolute atomic E-state index is 15.1. The summed E-state index contributed by atoms with van der Waals surface area (Å²) in [7, 11) is 0. The number of carboxylic acid groups (broad SMARTS) is 1. The van der Waals surface area contributed by atoms with Crippen LogP contribution >= 0.6 is 0 Å². The van der Waals surface area contributed by atoms with Gasteiger partial charge >= 0.3 is 5.97 Å². The molecular formula is C23H28FN3O4. The van der Waals surface area contributed by atoms with Crippen molar-refractivity contribution in [2.75, 3.05) is 26.3 Å². The summed E-state index contributed by atoms with van der Waals surface area (Å²) < 4.78 is 22.3. The molecule has 1 aromatic carbocycles. The number of rotatable bonds is 4. The van der Waals surface area contributed by atoms with Gasteiger partial charge in [-0.25, -0.2) is 14.2 Å². The largest absolute Gasteiger partial charge is 0.477 e. The Kier molecular flexibility index (Phi) is 6.36. The third-order valence-electron chi connectivity index (χ3n) is 6.26. The van der Waals surface area contributed by atoms with E-state index >= 15 is 4.39 Å². The number of benzene rings is 1. The molecular weight excluding hydrogens is 401 g/mol. The molecule has 0 spiro atoms. The van der Waals surface area contributed by atoms with Crippen molar-refractivity contribution in [1.29, 1.82) is 0 Å². The van der Waals surface area contributed by atoms with Crippen LogP contribution in [-0.2, 0) is 11.3 Å². The van der Waals surface area contributed by atoms with Crippen LogP contribution in [0.3, 0.4) is 0 Å². The van der Waals surface area contributed by atoms with Gasteiger partial charge in [0.25, 0.3) is 0 Å². The lowest BCUT2D eigenvalue weighted by molar-refractivity contribution is 0.0653. The van der Waals surface area contributed by atoms with Crippen molar-refractivity contribution in [3.8, 4) is 0 Å². The molecule has 0 unspecified atom stereocenters. The molecule has 2 heterocycles. The van der Waals surface area contributed by atoms with Gasteiger partial charge in [0.05, 0.1) is 18.7 Å². The van der Waals surface area contributed by atoms with Crippen molar-refractivity contribution in [2.45, 2.75) is 45.6 Å². The Labute approximate surface area is 180 Å². The number of halogens is 1. The van der Waals surface area contributed by atoms with Gasteiger partial charge in [-0.3, -0.25) is 4.79 Å². The minimum absolute atomic E-state index is 0.0591. The molecule has 4 rings (SSSR count). The molecule has 0 amide bonds. The molecule has 1 saturated carbocycles. The maximum Gasteiger partial charge on any atom is 0.341 e. The number of aromatic carboxylic acids is 1. The van der Waals surface area contributed by atoms with Crippen LogP contribution < -0.4 is 5.43 Å².